The highest BCUT2D eigenvalue weighted by molar-refractivity contribution is 5.92. The van der Waals surface area contributed by atoms with Gasteiger partial charge in [-0.05, 0) is 105 Å². The first-order chi connectivity index (χ1) is 15.2. The summed E-state index contributed by atoms with van der Waals surface area (Å²) in [6, 6.07) is 0. The molecule has 0 unspecified atom stereocenters. The number of hydrogen-bond acceptors (Lipinski definition) is 4. The zero-order valence-electron chi connectivity index (χ0n) is 20.8. The van der Waals surface area contributed by atoms with Gasteiger partial charge in [0.1, 0.15) is 0 Å². The second kappa shape index (κ2) is 8.89. The smallest absolute Gasteiger partial charge is 0.305 e. The monoisotopic (exact) mass is 444 g/mol. The number of carbonyl (C=O) groups is 2. The summed E-state index contributed by atoms with van der Waals surface area (Å²) in [5, 5.41) is 11.8. The van der Waals surface area contributed by atoms with Crippen LogP contribution >= 0.6 is 0 Å². The second-order valence-electron chi connectivity index (χ2n) is 11.9. The molecule has 0 aliphatic heterocycles. The van der Waals surface area contributed by atoms with Crippen LogP contribution in [0.15, 0.2) is 11.6 Å². The Balaban J connectivity index is 1.42. The van der Waals surface area contributed by atoms with E-state index in [1.165, 1.54) is 18.4 Å². The van der Waals surface area contributed by atoms with Gasteiger partial charge in [-0.1, -0.05) is 33.3 Å². The molecule has 0 aromatic heterocycles. The number of hydrogen-bond donors (Lipinski definition) is 1. The molecule has 0 aromatic rings. The van der Waals surface area contributed by atoms with Gasteiger partial charge in [0.2, 0.25) is 0 Å². The molecule has 0 saturated heterocycles. The maximum Gasteiger partial charge on any atom is 0.305 e. The van der Waals surface area contributed by atoms with Crippen molar-refractivity contribution in [1.29, 1.82) is 0 Å². The average molecular weight is 445 g/mol. The summed E-state index contributed by atoms with van der Waals surface area (Å²) in [6.07, 6.45) is 13.1. The molecule has 4 rings (SSSR count). The summed E-state index contributed by atoms with van der Waals surface area (Å²) in [7, 11) is 0. The lowest BCUT2D eigenvalue weighted by Crippen LogP contribution is -2.56. The van der Waals surface area contributed by atoms with Crippen molar-refractivity contribution in [3.8, 4) is 0 Å². The van der Waals surface area contributed by atoms with Crippen LogP contribution in [0.1, 0.15) is 105 Å². The van der Waals surface area contributed by atoms with Gasteiger partial charge in [0.15, 0.2) is 5.78 Å². The summed E-state index contributed by atoms with van der Waals surface area (Å²) in [5.74, 6) is 2.52. The predicted molar refractivity (Wildman–Crippen MR) is 126 cm³/mol. The summed E-state index contributed by atoms with van der Waals surface area (Å²) >= 11 is 0. The second-order valence-corrected chi connectivity index (χ2v) is 11.9. The van der Waals surface area contributed by atoms with Crippen molar-refractivity contribution in [3.05, 3.63) is 11.6 Å². The Morgan fingerprint density at radius 1 is 1.16 bits per heavy atom. The third kappa shape index (κ3) is 3.79. The van der Waals surface area contributed by atoms with Gasteiger partial charge in [0.05, 0.1) is 12.2 Å². The van der Waals surface area contributed by atoms with E-state index < -0.39 is 5.60 Å². The van der Waals surface area contributed by atoms with Crippen LogP contribution in [0.4, 0.5) is 0 Å². The Hall–Kier alpha value is -1.16. The molecular formula is C28H44O4. The number of fused-ring (bicyclic) bond motifs is 5. The van der Waals surface area contributed by atoms with Crippen molar-refractivity contribution in [2.24, 2.45) is 34.5 Å². The minimum atomic E-state index is -0.596. The zero-order valence-corrected chi connectivity index (χ0v) is 20.8. The maximum absolute atomic E-state index is 12.2. The average Bonchev–Trinajstić information content (AvgIpc) is 3.00. The van der Waals surface area contributed by atoms with E-state index in [-0.39, 0.29) is 16.8 Å². The molecule has 0 aromatic carbocycles. The molecule has 0 bridgehead atoms. The van der Waals surface area contributed by atoms with Crippen molar-refractivity contribution >= 4 is 11.8 Å². The summed E-state index contributed by atoms with van der Waals surface area (Å²) in [6.45, 7) is 9.56. The molecule has 4 aliphatic carbocycles. The summed E-state index contributed by atoms with van der Waals surface area (Å²) < 4.78 is 5.31. The highest BCUT2D eigenvalue weighted by atomic mass is 16.5. The van der Waals surface area contributed by atoms with E-state index in [0.29, 0.717) is 48.9 Å². The van der Waals surface area contributed by atoms with E-state index in [1.807, 2.05) is 13.0 Å². The minimum absolute atomic E-state index is 0.0155. The molecule has 3 fully saturated rings. The molecule has 0 spiro atoms. The third-order valence-electron chi connectivity index (χ3n) is 10.5. The van der Waals surface area contributed by atoms with Gasteiger partial charge in [-0.2, -0.15) is 0 Å². The molecule has 32 heavy (non-hydrogen) atoms. The largest absolute Gasteiger partial charge is 0.466 e. The Morgan fingerprint density at radius 2 is 1.91 bits per heavy atom. The first-order valence-corrected chi connectivity index (χ1v) is 13.3. The fourth-order valence-electron chi connectivity index (χ4n) is 8.44. The Kier molecular flexibility index (Phi) is 6.66. The Morgan fingerprint density at radius 3 is 2.66 bits per heavy atom. The van der Waals surface area contributed by atoms with Crippen molar-refractivity contribution in [2.45, 2.75) is 110 Å². The predicted octanol–water partition coefficient (Wildman–Crippen LogP) is 6.01. The SMILES string of the molecule is CCCC(=O)OCCCC[C@]1(O)CC[C@H]2[C@@H]3CCC4=CC(=O)C[C@H](C)[C@]4(C)[C@H]3CC[C@@]21C. The molecule has 3 saturated carbocycles. The van der Waals surface area contributed by atoms with Gasteiger partial charge in [-0.15, -0.1) is 0 Å². The van der Waals surface area contributed by atoms with Gasteiger partial charge in [0, 0.05) is 12.8 Å². The normalized spacial score (nSPS) is 43.2. The van der Waals surface area contributed by atoms with E-state index in [2.05, 4.69) is 20.8 Å². The van der Waals surface area contributed by atoms with Crippen LogP contribution in [-0.2, 0) is 14.3 Å². The molecule has 0 radical (unpaired) electrons. The quantitative estimate of drug-likeness (QED) is 0.386. The van der Waals surface area contributed by atoms with Crippen molar-refractivity contribution in [1.82, 2.24) is 0 Å². The third-order valence-corrected chi connectivity index (χ3v) is 10.5. The van der Waals surface area contributed by atoms with Crippen molar-refractivity contribution in [3.63, 3.8) is 0 Å². The Labute approximate surface area is 194 Å². The molecule has 4 aliphatic rings. The number of allylic oxidation sites excluding steroid dienone is 1. The van der Waals surface area contributed by atoms with E-state index in [0.717, 1.165) is 51.4 Å². The van der Waals surface area contributed by atoms with Gasteiger partial charge in [-0.3, -0.25) is 9.59 Å². The van der Waals surface area contributed by atoms with Crippen LogP contribution in [-0.4, -0.2) is 29.1 Å². The molecule has 4 heteroatoms. The highest BCUT2D eigenvalue weighted by Gasteiger charge is 2.64. The molecule has 7 atom stereocenters. The first-order valence-electron chi connectivity index (χ1n) is 13.3. The molecule has 0 heterocycles. The number of ketones is 1. The number of unbranched alkanes of at least 4 members (excludes halogenated alkanes) is 1. The van der Waals surface area contributed by atoms with Gasteiger partial charge in [0.25, 0.3) is 0 Å². The fraction of sp³-hybridized carbons (Fsp3) is 0.857. The molecule has 1 N–H and O–H groups in total. The topological polar surface area (TPSA) is 63.6 Å². The van der Waals surface area contributed by atoms with Crippen LogP contribution in [0.2, 0.25) is 0 Å². The number of rotatable bonds is 7. The minimum Gasteiger partial charge on any atom is -0.466 e. The lowest BCUT2D eigenvalue weighted by molar-refractivity contribution is -0.144. The van der Waals surface area contributed by atoms with Gasteiger partial charge in [-0.25, -0.2) is 0 Å². The summed E-state index contributed by atoms with van der Waals surface area (Å²) in [5.41, 5.74) is 0.956. The van der Waals surface area contributed by atoms with Crippen LogP contribution < -0.4 is 0 Å². The first kappa shape index (κ1) is 24.0. The number of ether oxygens (including phenoxy) is 1. The number of carbonyl (C=O) groups excluding carboxylic acids is 2. The highest BCUT2D eigenvalue weighted by Crippen LogP contribution is 2.68. The molecule has 4 nitrogen and oxygen atoms in total. The molecule has 0 amide bonds. The molecular weight excluding hydrogens is 400 g/mol. The lowest BCUT2D eigenvalue weighted by atomic mass is 9.44. The van der Waals surface area contributed by atoms with E-state index >= 15 is 0 Å². The van der Waals surface area contributed by atoms with Gasteiger partial charge >= 0.3 is 5.97 Å². The fourth-order valence-corrected chi connectivity index (χ4v) is 8.44. The number of aliphatic hydroxyl groups is 1. The standard InChI is InChI=1S/C28H44O4/c1-5-8-25(30)32-16-7-6-13-28(31)15-12-23-22-10-9-20-18-21(29)17-19(2)27(20,4)24(22)11-14-26(23,28)3/h18-19,22-24,31H,5-17H2,1-4H3/t19-,22-,23-,24-,26-,27-,28-/m0/s1. The van der Waals surface area contributed by atoms with Crippen molar-refractivity contribution < 1.29 is 19.4 Å². The van der Waals surface area contributed by atoms with Crippen LogP contribution in [0, 0.1) is 34.5 Å². The van der Waals surface area contributed by atoms with Gasteiger partial charge < -0.3 is 9.84 Å². The number of esters is 1. The lowest BCUT2D eigenvalue weighted by Gasteiger charge is -2.60. The van der Waals surface area contributed by atoms with E-state index in [4.69, 9.17) is 4.74 Å². The summed E-state index contributed by atoms with van der Waals surface area (Å²) in [4.78, 5) is 23.8. The van der Waals surface area contributed by atoms with Crippen LogP contribution in [0.25, 0.3) is 0 Å². The van der Waals surface area contributed by atoms with Crippen LogP contribution in [0.3, 0.4) is 0 Å². The Bertz CT molecular complexity index is 771. The van der Waals surface area contributed by atoms with E-state index in [9.17, 15) is 14.7 Å². The van der Waals surface area contributed by atoms with E-state index in [1.54, 1.807) is 0 Å². The molecule has 180 valence electrons. The van der Waals surface area contributed by atoms with Crippen LogP contribution in [0.5, 0.6) is 0 Å². The zero-order chi connectivity index (χ0) is 23.1. The van der Waals surface area contributed by atoms with Crippen molar-refractivity contribution in [2.75, 3.05) is 6.61 Å². The maximum atomic E-state index is 12.2.